The van der Waals surface area contributed by atoms with Crippen LogP contribution in [0, 0.1) is 0 Å². The molecule has 1 heterocycles. The van der Waals surface area contributed by atoms with E-state index in [-0.39, 0.29) is 23.1 Å². The fourth-order valence-corrected chi connectivity index (χ4v) is 1.98. The van der Waals surface area contributed by atoms with Crippen molar-refractivity contribution in [1.82, 2.24) is 10.2 Å². The first-order valence-corrected chi connectivity index (χ1v) is 6.63. The lowest BCUT2D eigenvalue weighted by Gasteiger charge is -2.05. The Balaban J connectivity index is 1.87. The van der Waals surface area contributed by atoms with Gasteiger partial charge in [0.1, 0.15) is 5.75 Å². The predicted molar refractivity (Wildman–Crippen MR) is 70.5 cm³/mol. The Morgan fingerprint density at radius 2 is 1.95 bits per heavy atom. The van der Waals surface area contributed by atoms with E-state index in [0.29, 0.717) is 10.8 Å². The summed E-state index contributed by atoms with van der Waals surface area (Å²) in [6, 6.07) is 6.27. The molecule has 0 saturated heterocycles. The molecule has 1 amide bonds. The minimum Gasteiger partial charge on any atom is -0.484 e. The molecule has 0 saturated carbocycles. The number of nitrogens with zero attached hydrogens (tertiary/aromatic N) is 2. The number of benzene rings is 1. The van der Waals surface area contributed by atoms with Gasteiger partial charge < -0.3 is 4.74 Å². The van der Waals surface area contributed by atoms with E-state index in [2.05, 4.69) is 15.5 Å². The summed E-state index contributed by atoms with van der Waals surface area (Å²) >= 11 is 5.92. The zero-order valence-electron chi connectivity index (χ0n) is 10.1. The normalized spacial score (nSPS) is 11.2. The highest BCUT2D eigenvalue weighted by molar-refractivity contribution is 7.15. The zero-order chi connectivity index (χ0) is 15.5. The molecule has 21 heavy (non-hydrogen) atoms. The third kappa shape index (κ3) is 4.57. The van der Waals surface area contributed by atoms with Crippen molar-refractivity contribution < 1.29 is 22.7 Å². The molecule has 2 rings (SSSR count). The number of rotatable bonds is 4. The molecule has 1 aromatic heterocycles. The van der Waals surface area contributed by atoms with Crippen LogP contribution >= 0.6 is 22.9 Å². The Morgan fingerprint density at radius 3 is 2.52 bits per heavy atom. The fourth-order valence-electron chi connectivity index (χ4n) is 1.22. The molecule has 112 valence electrons. The number of anilines is 1. The molecule has 1 aromatic carbocycles. The van der Waals surface area contributed by atoms with E-state index in [4.69, 9.17) is 16.3 Å². The zero-order valence-corrected chi connectivity index (χ0v) is 11.7. The van der Waals surface area contributed by atoms with Gasteiger partial charge in [-0.25, -0.2) is 0 Å². The standard InChI is InChI=1S/C11H7ClF3N3O2S/c12-6-1-3-7(4-2-6)20-5-8(19)16-10-18-17-9(21-10)11(13,14)15/h1-4H,5H2,(H,16,18,19). The van der Waals surface area contributed by atoms with Gasteiger partial charge >= 0.3 is 6.18 Å². The first-order chi connectivity index (χ1) is 9.84. The van der Waals surface area contributed by atoms with Crippen LogP contribution < -0.4 is 10.1 Å². The Morgan fingerprint density at radius 1 is 1.29 bits per heavy atom. The lowest BCUT2D eigenvalue weighted by molar-refractivity contribution is -0.138. The number of ether oxygens (including phenoxy) is 1. The van der Waals surface area contributed by atoms with Gasteiger partial charge in [0.25, 0.3) is 5.91 Å². The maximum absolute atomic E-state index is 12.3. The van der Waals surface area contributed by atoms with Crippen molar-refractivity contribution >= 4 is 34.0 Å². The average Bonchev–Trinajstić information content (AvgIpc) is 2.86. The number of alkyl halides is 3. The van der Waals surface area contributed by atoms with Gasteiger partial charge in [0, 0.05) is 5.02 Å². The molecular formula is C11H7ClF3N3O2S. The second kappa shape index (κ2) is 6.27. The monoisotopic (exact) mass is 337 g/mol. The molecule has 0 spiro atoms. The van der Waals surface area contributed by atoms with Gasteiger partial charge in [-0.05, 0) is 24.3 Å². The van der Waals surface area contributed by atoms with Crippen LogP contribution in [0.15, 0.2) is 24.3 Å². The van der Waals surface area contributed by atoms with Gasteiger partial charge in [-0.1, -0.05) is 22.9 Å². The molecule has 0 aliphatic heterocycles. The predicted octanol–water partition coefficient (Wildman–Crippen LogP) is 3.23. The molecule has 0 fully saturated rings. The SMILES string of the molecule is O=C(COc1ccc(Cl)cc1)Nc1nnc(C(F)(F)F)s1. The highest BCUT2D eigenvalue weighted by Crippen LogP contribution is 2.32. The summed E-state index contributed by atoms with van der Waals surface area (Å²) in [5.41, 5.74) is 0. The molecule has 0 unspecified atom stereocenters. The van der Waals surface area contributed by atoms with Crippen molar-refractivity contribution in [3.8, 4) is 5.75 Å². The van der Waals surface area contributed by atoms with Crippen molar-refractivity contribution in [3.63, 3.8) is 0 Å². The highest BCUT2D eigenvalue weighted by Gasteiger charge is 2.35. The van der Waals surface area contributed by atoms with Gasteiger partial charge in [0.2, 0.25) is 10.1 Å². The van der Waals surface area contributed by atoms with E-state index < -0.39 is 17.1 Å². The second-order valence-corrected chi connectivity index (χ2v) is 5.11. The van der Waals surface area contributed by atoms with Crippen LogP contribution in [0.2, 0.25) is 5.02 Å². The third-order valence-electron chi connectivity index (χ3n) is 2.10. The first kappa shape index (κ1) is 15.5. The van der Waals surface area contributed by atoms with Crippen molar-refractivity contribution in [2.75, 3.05) is 11.9 Å². The molecule has 1 N–H and O–H groups in total. The number of hydrogen-bond acceptors (Lipinski definition) is 5. The lowest BCUT2D eigenvalue weighted by atomic mass is 10.3. The summed E-state index contributed by atoms with van der Waals surface area (Å²) in [4.78, 5) is 11.5. The Labute approximate surface area is 125 Å². The number of carbonyl (C=O) groups is 1. The van der Waals surface area contributed by atoms with Crippen LogP contribution in [0.3, 0.4) is 0 Å². The minimum atomic E-state index is -4.58. The second-order valence-electron chi connectivity index (χ2n) is 3.70. The molecular weight excluding hydrogens is 331 g/mol. The Kier molecular flexibility index (Phi) is 4.63. The van der Waals surface area contributed by atoms with Crippen LogP contribution in [-0.4, -0.2) is 22.7 Å². The van der Waals surface area contributed by atoms with Crippen molar-refractivity contribution in [1.29, 1.82) is 0 Å². The van der Waals surface area contributed by atoms with Gasteiger partial charge in [0.05, 0.1) is 0 Å². The molecule has 5 nitrogen and oxygen atoms in total. The van der Waals surface area contributed by atoms with Crippen LogP contribution in [0.25, 0.3) is 0 Å². The number of hydrogen-bond donors (Lipinski definition) is 1. The summed E-state index contributed by atoms with van der Waals surface area (Å²) in [6.07, 6.45) is -4.58. The van der Waals surface area contributed by atoms with Gasteiger partial charge in [-0.3, -0.25) is 10.1 Å². The summed E-state index contributed by atoms with van der Waals surface area (Å²) < 4.78 is 42.0. The minimum absolute atomic E-state index is 0.240. The van der Waals surface area contributed by atoms with Gasteiger partial charge in [-0.15, -0.1) is 10.2 Å². The van der Waals surface area contributed by atoms with Crippen LogP contribution in [0.1, 0.15) is 5.01 Å². The van der Waals surface area contributed by atoms with Crippen molar-refractivity contribution in [2.24, 2.45) is 0 Å². The van der Waals surface area contributed by atoms with Crippen LogP contribution in [-0.2, 0) is 11.0 Å². The molecule has 2 aromatic rings. The third-order valence-corrected chi connectivity index (χ3v) is 3.23. The number of nitrogens with one attached hydrogen (secondary N) is 1. The van der Waals surface area contributed by atoms with Gasteiger partial charge in [-0.2, -0.15) is 13.2 Å². The molecule has 0 aliphatic rings. The summed E-state index contributed by atoms with van der Waals surface area (Å²) in [5.74, 6) is -0.238. The van der Waals surface area contributed by atoms with E-state index in [1.165, 1.54) is 0 Å². The largest absolute Gasteiger partial charge is 0.484 e. The molecule has 0 atom stereocenters. The Hall–Kier alpha value is -1.87. The summed E-state index contributed by atoms with van der Waals surface area (Å²) in [5, 5.41) is 7.49. The molecule has 0 radical (unpaired) electrons. The van der Waals surface area contributed by atoms with Crippen molar-refractivity contribution in [3.05, 3.63) is 34.3 Å². The van der Waals surface area contributed by atoms with E-state index in [9.17, 15) is 18.0 Å². The van der Waals surface area contributed by atoms with E-state index in [1.807, 2.05) is 0 Å². The number of halogens is 4. The highest BCUT2D eigenvalue weighted by atomic mass is 35.5. The maximum atomic E-state index is 12.3. The molecule has 0 aliphatic carbocycles. The number of carbonyl (C=O) groups excluding carboxylic acids is 1. The van der Waals surface area contributed by atoms with Crippen LogP contribution in [0.4, 0.5) is 18.3 Å². The molecule has 0 bridgehead atoms. The number of amides is 1. The van der Waals surface area contributed by atoms with E-state index in [1.54, 1.807) is 24.3 Å². The summed E-state index contributed by atoms with van der Waals surface area (Å²) in [7, 11) is 0. The number of aromatic nitrogens is 2. The maximum Gasteiger partial charge on any atom is 0.445 e. The first-order valence-electron chi connectivity index (χ1n) is 5.43. The van der Waals surface area contributed by atoms with E-state index >= 15 is 0 Å². The van der Waals surface area contributed by atoms with Crippen LogP contribution in [0.5, 0.6) is 5.75 Å². The van der Waals surface area contributed by atoms with E-state index in [0.717, 1.165) is 0 Å². The quantitative estimate of drug-likeness (QED) is 0.930. The van der Waals surface area contributed by atoms with Gasteiger partial charge in [0.15, 0.2) is 6.61 Å². The summed E-state index contributed by atoms with van der Waals surface area (Å²) in [6.45, 7) is -0.372. The lowest BCUT2D eigenvalue weighted by Crippen LogP contribution is -2.20. The fraction of sp³-hybridized carbons (Fsp3) is 0.182. The average molecular weight is 338 g/mol. The Bertz CT molecular complexity index is 630. The van der Waals surface area contributed by atoms with Crippen molar-refractivity contribution in [2.45, 2.75) is 6.18 Å². The molecule has 10 heteroatoms. The topological polar surface area (TPSA) is 64.1 Å². The smallest absolute Gasteiger partial charge is 0.445 e.